The average Bonchev–Trinajstić information content (AvgIpc) is 3.34. The highest BCUT2D eigenvalue weighted by atomic mass is 16.7. The Labute approximate surface area is 194 Å². The molecule has 0 unspecified atom stereocenters. The van der Waals surface area contributed by atoms with E-state index in [2.05, 4.69) is 106 Å². The third kappa shape index (κ3) is 2.71. The lowest BCUT2D eigenvalue weighted by molar-refractivity contribution is 0.00578. The second kappa shape index (κ2) is 6.72. The SMILES string of the molecule is C=C/C=c1/c2ccccc2n2c1c(C)c1ccc3cc(B4OC(C)(C)C(C)(C)O4)ccc3c12. The van der Waals surface area contributed by atoms with Crippen molar-refractivity contribution in [2.75, 3.05) is 0 Å². The van der Waals surface area contributed by atoms with Crippen LogP contribution >= 0.6 is 0 Å². The molecule has 0 radical (unpaired) electrons. The van der Waals surface area contributed by atoms with Crippen LogP contribution in [0.15, 0.2) is 67.3 Å². The average molecular weight is 433 g/mol. The Morgan fingerprint density at radius 2 is 1.55 bits per heavy atom. The van der Waals surface area contributed by atoms with Gasteiger partial charge in [0.15, 0.2) is 0 Å². The van der Waals surface area contributed by atoms with Crippen molar-refractivity contribution in [2.45, 2.75) is 45.8 Å². The summed E-state index contributed by atoms with van der Waals surface area (Å²) in [7, 11) is -0.363. The van der Waals surface area contributed by atoms with Crippen LogP contribution in [0.1, 0.15) is 33.3 Å². The second-order valence-electron chi connectivity index (χ2n) is 10.2. The summed E-state index contributed by atoms with van der Waals surface area (Å²) >= 11 is 0. The molecule has 3 aromatic carbocycles. The van der Waals surface area contributed by atoms with Crippen molar-refractivity contribution in [1.29, 1.82) is 0 Å². The molecule has 164 valence electrons. The number of benzene rings is 3. The van der Waals surface area contributed by atoms with Crippen LogP contribution in [0.5, 0.6) is 0 Å². The summed E-state index contributed by atoms with van der Waals surface area (Å²) < 4.78 is 15.0. The molecule has 0 atom stereocenters. The van der Waals surface area contributed by atoms with Crippen molar-refractivity contribution in [1.82, 2.24) is 4.40 Å². The molecule has 3 nitrogen and oxygen atoms in total. The van der Waals surface area contributed by atoms with Crippen LogP contribution < -0.4 is 10.7 Å². The van der Waals surface area contributed by atoms with E-state index in [1.165, 1.54) is 48.9 Å². The molecule has 5 aromatic rings. The standard InChI is InChI=1S/C29H28BNO2/c1-7-10-24-23-11-8-9-12-25(23)31-26(24)18(2)21-15-13-19-17-20(14-16-22(19)27(21)31)30-32-28(3,4)29(5,6)33-30/h7-17H,1H2,2-6H3/b24-10-. The van der Waals surface area contributed by atoms with Gasteiger partial charge in [-0.25, -0.2) is 0 Å². The van der Waals surface area contributed by atoms with Gasteiger partial charge in [0.25, 0.3) is 0 Å². The highest BCUT2D eigenvalue weighted by molar-refractivity contribution is 6.62. The van der Waals surface area contributed by atoms with Crippen LogP contribution in [0.2, 0.25) is 0 Å². The summed E-state index contributed by atoms with van der Waals surface area (Å²) in [6.07, 6.45) is 4.01. The molecule has 4 heteroatoms. The van der Waals surface area contributed by atoms with Crippen molar-refractivity contribution >= 4 is 56.8 Å². The molecule has 0 spiro atoms. The minimum atomic E-state index is -0.363. The van der Waals surface area contributed by atoms with Crippen LogP contribution in [0.3, 0.4) is 0 Å². The minimum Gasteiger partial charge on any atom is -0.399 e. The molecule has 0 bridgehead atoms. The lowest BCUT2D eigenvalue weighted by atomic mass is 9.78. The number of para-hydroxylation sites is 1. The molecular weight excluding hydrogens is 405 g/mol. The van der Waals surface area contributed by atoms with Crippen LogP contribution in [-0.4, -0.2) is 22.7 Å². The van der Waals surface area contributed by atoms with Crippen molar-refractivity contribution in [3.63, 3.8) is 0 Å². The maximum Gasteiger partial charge on any atom is 0.494 e. The monoisotopic (exact) mass is 433 g/mol. The lowest BCUT2D eigenvalue weighted by Gasteiger charge is -2.32. The summed E-state index contributed by atoms with van der Waals surface area (Å²) in [5.74, 6) is 0. The Morgan fingerprint density at radius 3 is 2.27 bits per heavy atom. The number of rotatable bonds is 2. The zero-order valence-electron chi connectivity index (χ0n) is 19.9. The van der Waals surface area contributed by atoms with Crippen molar-refractivity contribution in [3.8, 4) is 0 Å². The largest absolute Gasteiger partial charge is 0.494 e. The molecule has 0 N–H and O–H groups in total. The van der Waals surface area contributed by atoms with Gasteiger partial charge in [0.2, 0.25) is 0 Å². The van der Waals surface area contributed by atoms with Gasteiger partial charge in [-0.1, -0.05) is 67.3 Å². The molecule has 3 heterocycles. The van der Waals surface area contributed by atoms with Gasteiger partial charge in [0.05, 0.1) is 27.8 Å². The molecule has 0 saturated carbocycles. The van der Waals surface area contributed by atoms with E-state index in [4.69, 9.17) is 9.31 Å². The minimum absolute atomic E-state index is 0.354. The number of hydrogen-bond donors (Lipinski definition) is 0. The normalized spacial score (nSPS) is 18.3. The van der Waals surface area contributed by atoms with E-state index in [0.717, 1.165) is 5.46 Å². The van der Waals surface area contributed by atoms with E-state index in [0.29, 0.717) is 0 Å². The maximum atomic E-state index is 6.31. The fourth-order valence-electron chi connectivity index (χ4n) is 5.28. The van der Waals surface area contributed by atoms with Crippen molar-refractivity contribution < 1.29 is 9.31 Å². The van der Waals surface area contributed by atoms with Gasteiger partial charge in [-0.05, 0) is 57.1 Å². The summed E-state index contributed by atoms with van der Waals surface area (Å²) in [4.78, 5) is 0. The van der Waals surface area contributed by atoms with E-state index in [1.54, 1.807) is 0 Å². The number of allylic oxidation sites excluding steroid dienone is 1. The Balaban J connectivity index is 1.65. The van der Waals surface area contributed by atoms with Gasteiger partial charge in [0.1, 0.15) is 0 Å². The zero-order valence-corrected chi connectivity index (χ0v) is 19.9. The fraction of sp³-hybridized carbons (Fsp3) is 0.241. The molecule has 0 aliphatic carbocycles. The molecule has 6 rings (SSSR count). The predicted octanol–water partition coefficient (Wildman–Crippen LogP) is 5.69. The van der Waals surface area contributed by atoms with E-state index >= 15 is 0 Å². The number of fused-ring (bicyclic) bond motifs is 7. The Hall–Kier alpha value is -3.08. The highest BCUT2D eigenvalue weighted by Gasteiger charge is 2.51. The topological polar surface area (TPSA) is 22.9 Å². The molecular formula is C29H28BNO2. The number of hydrogen-bond acceptors (Lipinski definition) is 2. The first-order valence-electron chi connectivity index (χ1n) is 11.6. The Kier molecular flexibility index (Phi) is 4.18. The first kappa shape index (κ1) is 20.5. The first-order valence-corrected chi connectivity index (χ1v) is 11.6. The summed E-state index contributed by atoms with van der Waals surface area (Å²) in [6.45, 7) is 14.6. The van der Waals surface area contributed by atoms with Crippen molar-refractivity contribution in [2.24, 2.45) is 0 Å². The first-order chi connectivity index (χ1) is 15.7. The third-order valence-electron chi connectivity index (χ3n) is 7.72. The third-order valence-corrected chi connectivity index (χ3v) is 7.72. The number of nitrogens with zero attached hydrogens (tertiary/aromatic N) is 1. The molecule has 0 amide bonds. The van der Waals surface area contributed by atoms with Gasteiger partial charge in [-0.3, -0.25) is 0 Å². The maximum absolute atomic E-state index is 6.31. The van der Waals surface area contributed by atoms with Gasteiger partial charge in [0, 0.05) is 21.4 Å². The van der Waals surface area contributed by atoms with Crippen LogP contribution in [0, 0.1) is 6.92 Å². The number of aromatic nitrogens is 1. The second-order valence-corrected chi connectivity index (χ2v) is 10.2. The van der Waals surface area contributed by atoms with Gasteiger partial charge in [-0.15, -0.1) is 0 Å². The highest BCUT2D eigenvalue weighted by Crippen LogP contribution is 2.37. The molecule has 1 fully saturated rings. The van der Waals surface area contributed by atoms with Gasteiger partial charge in [-0.2, -0.15) is 0 Å². The molecule has 1 aliphatic rings. The van der Waals surface area contributed by atoms with Crippen LogP contribution in [0.4, 0.5) is 0 Å². The Morgan fingerprint density at radius 1 is 0.848 bits per heavy atom. The van der Waals surface area contributed by atoms with Crippen LogP contribution in [0.25, 0.3) is 44.2 Å². The summed E-state index contributed by atoms with van der Waals surface area (Å²) in [6, 6.07) is 19.7. The number of aryl methyl sites for hydroxylation is 1. The molecule has 2 aromatic heterocycles. The smallest absolute Gasteiger partial charge is 0.399 e. The summed E-state index contributed by atoms with van der Waals surface area (Å²) in [5.41, 5.74) is 5.38. The van der Waals surface area contributed by atoms with E-state index in [-0.39, 0.29) is 18.3 Å². The van der Waals surface area contributed by atoms with Crippen molar-refractivity contribution in [3.05, 3.63) is 78.0 Å². The zero-order chi connectivity index (χ0) is 23.1. The van der Waals surface area contributed by atoms with E-state index in [9.17, 15) is 0 Å². The Bertz CT molecular complexity index is 1640. The van der Waals surface area contributed by atoms with E-state index < -0.39 is 0 Å². The quantitative estimate of drug-likeness (QED) is 0.334. The molecule has 1 aliphatic heterocycles. The fourth-order valence-corrected chi connectivity index (χ4v) is 5.28. The van der Waals surface area contributed by atoms with Crippen LogP contribution in [-0.2, 0) is 9.31 Å². The van der Waals surface area contributed by atoms with Gasteiger partial charge >= 0.3 is 7.12 Å². The molecule has 1 saturated heterocycles. The lowest BCUT2D eigenvalue weighted by Crippen LogP contribution is -2.41. The van der Waals surface area contributed by atoms with E-state index in [1.807, 2.05) is 6.08 Å². The molecule has 33 heavy (non-hydrogen) atoms. The summed E-state index contributed by atoms with van der Waals surface area (Å²) in [5, 5.41) is 6.19. The van der Waals surface area contributed by atoms with Gasteiger partial charge < -0.3 is 13.7 Å². The predicted molar refractivity (Wildman–Crippen MR) is 140 cm³/mol.